The Labute approximate surface area is 273 Å². The fourth-order valence-electron chi connectivity index (χ4n) is 6.82. The molecule has 5 aromatic rings. The van der Waals surface area contributed by atoms with Crippen LogP contribution in [0, 0.1) is 6.92 Å². The first-order chi connectivity index (χ1) is 22.2. The van der Waals surface area contributed by atoms with E-state index < -0.39 is 0 Å². The molecule has 9 nitrogen and oxygen atoms in total. The van der Waals surface area contributed by atoms with Crippen LogP contribution in [0.15, 0.2) is 60.9 Å². The van der Waals surface area contributed by atoms with Gasteiger partial charge in [-0.15, -0.1) is 0 Å². The zero-order chi connectivity index (χ0) is 31.9. The molecule has 1 fully saturated rings. The number of fused-ring (bicyclic) bond motifs is 2. The maximum atomic E-state index is 13.4. The molecule has 0 aliphatic carbocycles. The van der Waals surface area contributed by atoms with Crippen LogP contribution < -0.4 is 5.32 Å². The van der Waals surface area contributed by atoms with E-state index in [2.05, 4.69) is 52.3 Å². The number of aliphatic hydroxyl groups excluding tert-OH is 1. The summed E-state index contributed by atoms with van der Waals surface area (Å²) < 4.78 is 1.90. The Hall–Kier alpha value is -4.15. The fraction of sp³-hybridized carbons (Fsp3) is 0.333. The number of carbonyl (C=O) groups excluding carboxylic acids is 1. The summed E-state index contributed by atoms with van der Waals surface area (Å²) in [5, 5.41) is 14.5. The van der Waals surface area contributed by atoms with Crippen LogP contribution in [0.4, 0.5) is 5.69 Å². The van der Waals surface area contributed by atoms with E-state index in [4.69, 9.17) is 21.6 Å². The molecule has 2 aliphatic rings. The van der Waals surface area contributed by atoms with Gasteiger partial charge < -0.3 is 19.9 Å². The van der Waals surface area contributed by atoms with Crippen molar-refractivity contribution in [1.82, 2.24) is 29.3 Å². The first-order valence-electron chi connectivity index (χ1n) is 15.8. The number of amides is 1. The number of halogens is 1. The van der Waals surface area contributed by atoms with Crippen molar-refractivity contribution in [2.45, 2.75) is 45.4 Å². The van der Waals surface area contributed by atoms with Crippen molar-refractivity contribution >= 4 is 34.1 Å². The number of rotatable bonds is 7. The van der Waals surface area contributed by atoms with E-state index >= 15 is 0 Å². The summed E-state index contributed by atoms with van der Waals surface area (Å²) in [4.78, 5) is 32.1. The molecule has 0 bridgehead atoms. The van der Waals surface area contributed by atoms with Crippen LogP contribution in [0.2, 0.25) is 5.02 Å². The van der Waals surface area contributed by atoms with Crippen LogP contribution in [0.1, 0.15) is 50.8 Å². The summed E-state index contributed by atoms with van der Waals surface area (Å²) in [5.74, 6) is 0.109. The molecule has 1 atom stereocenters. The van der Waals surface area contributed by atoms with Gasteiger partial charge in [-0.05, 0) is 60.8 Å². The Morgan fingerprint density at radius 3 is 2.74 bits per heavy atom. The SMILES string of the molecule is Cc1c(Cc2nccc3cc(CN4CC[C@H](O)C4)cnc23)cccc1-c1cccc(NC(=O)c2nc3c(n2C)CCN(C)C3)c1Cl. The minimum atomic E-state index is -0.278. The van der Waals surface area contributed by atoms with Gasteiger partial charge in [0.25, 0.3) is 5.91 Å². The third kappa shape index (κ3) is 5.91. The maximum Gasteiger partial charge on any atom is 0.291 e. The van der Waals surface area contributed by atoms with Gasteiger partial charge in [-0.3, -0.25) is 19.7 Å². The highest BCUT2D eigenvalue weighted by Crippen LogP contribution is 2.37. The number of nitrogens with one attached hydrogen (secondary N) is 1. The number of anilines is 1. The largest absolute Gasteiger partial charge is 0.392 e. The minimum absolute atomic E-state index is 0.237. The number of benzene rings is 2. The molecule has 5 heterocycles. The molecule has 3 aromatic heterocycles. The Morgan fingerprint density at radius 2 is 1.91 bits per heavy atom. The van der Waals surface area contributed by atoms with Crippen molar-refractivity contribution < 1.29 is 9.90 Å². The number of β-amino-alcohol motifs (C(OH)–C–C–N with tert-alkyl or cyclic N) is 1. The number of likely N-dealkylation sites (N-methyl/N-ethyl adjacent to an activating group) is 1. The van der Waals surface area contributed by atoms with Crippen molar-refractivity contribution in [3.63, 3.8) is 0 Å². The number of hydrogen-bond acceptors (Lipinski definition) is 7. The number of pyridine rings is 2. The third-order valence-electron chi connectivity index (χ3n) is 9.38. The lowest BCUT2D eigenvalue weighted by atomic mass is 9.93. The van der Waals surface area contributed by atoms with E-state index in [0.29, 0.717) is 29.5 Å². The Morgan fingerprint density at radius 1 is 1.09 bits per heavy atom. The first kappa shape index (κ1) is 30.5. The number of imidazole rings is 1. The molecule has 2 aromatic carbocycles. The van der Waals surface area contributed by atoms with Crippen molar-refractivity contribution in [3.05, 3.63) is 106 Å². The standard InChI is InChI=1S/C36H38ClN7O2/c1-22-24(17-30-34-25(10-13-38-30)16-23(18-39-34)19-44-15-11-26(45)20-44)6-4-7-27(22)28-8-5-9-29(33(28)37)41-36(46)35-40-31-21-42(2)14-12-32(31)43(35)3/h4-10,13,16,18,26,45H,11-12,14-15,17,19-21H2,1-3H3,(H,41,46)/t26-/m0/s1. The number of likely N-dealkylation sites (tertiary alicyclic amines) is 1. The first-order valence-corrected chi connectivity index (χ1v) is 16.2. The second-order valence-electron chi connectivity index (χ2n) is 12.6. The molecule has 0 radical (unpaired) electrons. The average molecular weight is 636 g/mol. The van der Waals surface area contributed by atoms with E-state index in [1.165, 1.54) is 0 Å². The number of nitrogens with zero attached hydrogens (tertiary/aromatic N) is 6. The molecule has 7 rings (SSSR count). The molecule has 10 heteroatoms. The molecule has 46 heavy (non-hydrogen) atoms. The highest BCUT2D eigenvalue weighted by atomic mass is 35.5. The summed E-state index contributed by atoms with van der Waals surface area (Å²) >= 11 is 6.99. The fourth-order valence-corrected chi connectivity index (χ4v) is 7.09. The molecule has 1 amide bonds. The van der Waals surface area contributed by atoms with Crippen LogP contribution in [0.5, 0.6) is 0 Å². The second kappa shape index (κ2) is 12.6. The Bertz CT molecular complexity index is 1950. The van der Waals surface area contributed by atoms with Crippen molar-refractivity contribution in [3.8, 4) is 11.1 Å². The molecule has 0 unspecified atom stereocenters. The number of aliphatic hydroxyl groups is 1. The van der Waals surface area contributed by atoms with Gasteiger partial charge in [0, 0.05) is 81.7 Å². The van der Waals surface area contributed by atoms with E-state index in [-0.39, 0.29) is 12.0 Å². The lowest BCUT2D eigenvalue weighted by Crippen LogP contribution is -2.27. The zero-order valence-corrected chi connectivity index (χ0v) is 27.2. The van der Waals surface area contributed by atoms with Gasteiger partial charge in [-0.1, -0.05) is 41.9 Å². The number of carbonyl (C=O) groups is 1. The van der Waals surface area contributed by atoms with Gasteiger partial charge in [-0.2, -0.15) is 0 Å². The monoisotopic (exact) mass is 635 g/mol. The van der Waals surface area contributed by atoms with Gasteiger partial charge in [0.15, 0.2) is 5.82 Å². The van der Waals surface area contributed by atoms with E-state index in [1.54, 1.807) is 0 Å². The van der Waals surface area contributed by atoms with Gasteiger partial charge in [-0.25, -0.2) is 4.98 Å². The van der Waals surface area contributed by atoms with Gasteiger partial charge >= 0.3 is 0 Å². The summed E-state index contributed by atoms with van der Waals surface area (Å²) in [6.45, 7) is 6.17. The van der Waals surface area contributed by atoms with Crippen molar-refractivity contribution in [2.75, 3.05) is 32.0 Å². The molecular weight excluding hydrogens is 598 g/mol. The smallest absolute Gasteiger partial charge is 0.291 e. The lowest BCUT2D eigenvalue weighted by Gasteiger charge is -2.21. The van der Waals surface area contributed by atoms with Crippen LogP contribution >= 0.6 is 11.6 Å². The molecule has 0 spiro atoms. The summed E-state index contributed by atoms with van der Waals surface area (Å²) in [7, 11) is 3.97. The highest BCUT2D eigenvalue weighted by Gasteiger charge is 2.25. The van der Waals surface area contributed by atoms with Gasteiger partial charge in [0.05, 0.1) is 33.7 Å². The lowest BCUT2D eigenvalue weighted by molar-refractivity contribution is 0.101. The molecular formula is C36H38ClN7O2. The van der Waals surface area contributed by atoms with Crippen LogP contribution in [-0.2, 0) is 33.0 Å². The summed E-state index contributed by atoms with van der Waals surface area (Å²) in [5.41, 5.74) is 9.61. The maximum absolute atomic E-state index is 13.4. The quantitative estimate of drug-likeness (QED) is 0.247. The average Bonchev–Trinajstić information content (AvgIpc) is 3.60. The third-order valence-corrected chi connectivity index (χ3v) is 9.78. The molecule has 2 N–H and O–H groups in total. The normalized spacial score (nSPS) is 17.0. The molecule has 2 aliphatic heterocycles. The van der Waals surface area contributed by atoms with E-state index in [0.717, 1.165) is 94.8 Å². The molecule has 1 saturated heterocycles. The minimum Gasteiger partial charge on any atom is -0.392 e. The van der Waals surface area contributed by atoms with Crippen molar-refractivity contribution in [2.24, 2.45) is 7.05 Å². The predicted octanol–water partition coefficient (Wildman–Crippen LogP) is 5.39. The van der Waals surface area contributed by atoms with Crippen molar-refractivity contribution in [1.29, 1.82) is 0 Å². The summed E-state index contributed by atoms with van der Waals surface area (Å²) in [6, 6.07) is 16.1. The topological polar surface area (TPSA) is 99.4 Å². The molecule has 236 valence electrons. The van der Waals surface area contributed by atoms with E-state index in [1.807, 2.05) is 54.3 Å². The van der Waals surface area contributed by atoms with E-state index in [9.17, 15) is 9.90 Å². The van der Waals surface area contributed by atoms with Crippen LogP contribution in [0.25, 0.3) is 22.0 Å². The van der Waals surface area contributed by atoms with Gasteiger partial charge in [0.1, 0.15) is 0 Å². The Balaban J connectivity index is 1.13. The van der Waals surface area contributed by atoms with Gasteiger partial charge in [0.2, 0.25) is 0 Å². The van der Waals surface area contributed by atoms with Crippen LogP contribution in [-0.4, -0.2) is 73.1 Å². The highest BCUT2D eigenvalue weighted by molar-refractivity contribution is 6.36. The number of aromatic nitrogens is 4. The predicted molar refractivity (Wildman–Crippen MR) is 181 cm³/mol. The Kier molecular flexibility index (Phi) is 8.33. The summed E-state index contributed by atoms with van der Waals surface area (Å²) in [6.07, 6.45) is 5.85. The molecule has 0 saturated carbocycles. The van der Waals surface area contributed by atoms with Crippen LogP contribution in [0.3, 0.4) is 0 Å². The second-order valence-corrected chi connectivity index (χ2v) is 13.0. The number of hydrogen-bond donors (Lipinski definition) is 2. The zero-order valence-electron chi connectivity index (χ0n) is 26.4.